The zero-order valence-electron chi connectivity index (χ0n) is 19.5. The van der Waals surface area contributed by atoms with Crippen molar-refractivity contribution in [1.82, 2.24) is 9.13 Å². The number of rotatable bonds is 7. The molecule has 33 heavy (non-hydrogen) atoms. The number of phenolic OH excluding ortho intramolecular Hbond substituents is 1. The summed E-state index contributed by atoms with van der Waals surface area (Å²) in [5, 5.41) is 32.0. The van der Waals surface area contributed by atoms with E-state index in [2.05, 4.69) is 0 Å². The molecule has 0 saturated carbocycles. The zero-order chi connectivity index (χ0) is 24.4. The second-order valence-corrected chi connectivity index (χ2v) is 7.86. The highest BCUT2D eigenvalue weighted by Gasteiger charge is 2.31. The fourth-order valence-corrected chi connectivity index (χ4v) is 4.33. The maximum atomic E-state index is 13.5. The maximum absolute atomic E-state index is 13.5. The van der Waals surface area contributed by atoms with Gasteiger partial charge in [-0.05, 0) is 64.4 Å². The average molecular weight is 455 g/mol. The summed E-state index contributed by atoms with van der Waals surface area (Å²) in [7, 11) is 0. The van der Waals surface area contributed by atoms with Gasteiger partial charge in [-0.15, -0.1) is 0 Å². The van der Waals surface area contributed by atoms with Crippen molar-refractivity contribution in [2.45, 2.75) is 53.6 Å². The third kappa shape index (κ3) is 4.20. The van der Waals surface area contributed by atoms with Crippen molar-refractivity contribution in [3.05, 3.63) is 79.1 Å². The van der Waals surface area contributed by atoms with Gasteiger partial charge in [-0.2, -0.15) is 0 Å². The molecule has 1 aromatic carbocycles. The van der Waals surface area contributed by atoms with E-state index >= 15 is 0 Å². The van der Waals surface area contributed by atoms with Gasteiger partial charge in [0, 0.05) is 24.5 Å². The lowest BCUT2D eigenvalue weighted by molar-refractivity contribution is 0.317. The summed E-state index contributed by atoms with van der Waals surface area (Å²) in [6, 6.07) is 7.42. The Morgan fingerprint density at radius 3 is 1.70 bits per heavy atom. The zero-order valence-corrected chi connectivity index (χ0v) is 19.5. The van der Waals surface area contributed by atoms with E-state index in [1.807, 2.05) is 13.8 Å². The average Bonchev–Trinajstić information content (AvgIpc) is 2.74. The number of benzene rings is 1. The van der Waals surface area contributed by atoms with Crippen molar-refractivity contribution in [2.24, 2.45) is 0 Å². The van der Waals surface area contributed by atoms with E-state index in [9.17, 15) is 24.9 Å². The van der Waals surface area contributed by atoms with Crippen LogP contribution in [0, 0.1) is 13.8 Å². The monoisotopic (exact) mass is 454 g/mol. The Morgan fingerprint density at radius 2 is 1.27 bits per heavy atom. The van der Waals surface area contributed by atoms with Crippen molar-refractivity contribution in [2.75, 3.05) is 6.61 Å². The molecule has 0 spiro atoms. The van der Waals surface area contributed by atoms with Gasteiger partial charge >= 0.3 is 0 Å². The predicted octanol–water partition coefficient (Wildman–Crippen LogP) is 3.36. The molecule has 0 bridgehead atoms. The normalized spacial score (nSPS) is 11.2. The summed E-state index contributed by atoms with van der Waals surface area (Å²) in [5.41, 5.74) is 0.560. The van der Waals surface area contributed by atoms with Crippen molar-refractivity contribution < 1.29 is 20.1 Å². The second-order valence-electron chi connectivity index (χ2n) is 7.86. The number of hydrogen-bond donors (Lipinski definition) is 3. The number of pyridine rings is 2. The first kappa shape index (κ1) is 24.0. The summed E-state index contributed by atoms with van der Waals surface area (Å²) < 4.78 is 8.50. The van der Waals surface area contributed by atoms with Gasteiger partial charge in [-0.3, -0.25) is 9.59 Å². The Labute approximate surface area is 192 Å². The number of phenols is 1. The molecule has 0 radical (unpaired) electrons. The van der Waals surface area contributed by atoms with Gasteiger partial charge in [0.15, 0.2) is 11.5 Å². The highest BCUT2D eigenvalue weighted by atomic mass is 16.5. The van der Waals surface area contributed by atoms with Crippen LogP contribution in [0.4, 0.5) is 0 Å². The van der Waals surface area contributed by atoms with Gasteiger partial charge in [-0.25, -0.2) is 0 Å². The molecule has 0 aliphatic heterocycles. The molecule has 0 fully saturated rings. The molecule has 2 heterocycles. The van der Waals surface area contributed by atoms with Gasteiger partial charge in [0.2, 0.25) is 0 Å². The van der Waals surface area contributed by atoms with Crippen LogP contribution in [0.3, 0.4) is 0 Å². The summed E-state index contributed by atoms with van der Waals surface area (Å²) in [6.07, 6.45) is 0. The van der Waals surface area contributed by atoms with E-state index in [1.165, 1.54) is 33.4 Å². The quantitative estimate of drug-likeness (QED) is 0.504. The van der Waals surface area contributed by atoms with Gasteiger partial charge in [0.25, 0.3) is 11.1 Å². The van der Waals surface area contributed by atoms with Crippen LogP contribution in [0.2, 0.25) is 0 Å². The standard InChI is InChI=1S/C25H30N2O6/c1-6-26-14(4)11-18(29)22(24(26)31)21(16-9-10-17(28)20(13-16)33-8-3)23-19(30)12-15(5)27(7-2)25(23)32/h9-13,21,28-30H,6-8H2,1-5H3. The van der Waals surface area contributed by atoms with Crippen LogP contribution in [0.15, 0.2) is 39.9 Å². The number of aryl methyl sites for hydroxylation is 2. The topological polar surface area (TPSA) is 114 Å². The van der Waals surface area contributed by atoms with Crippen LogP contribution < -0.4 is 15.9 Å². The van der Waals surface area contributed by atoms with E-state index < -0.39 is 17.0 Å². The van der Waals surface area contributed by atoms with Crippen LogP contribution in [0.1, 0.15) is 54.8 Å². The molecule has 3 aromatic rings. The molecular formula is C25H30N2O6. The number of aromatic nitrogens is 2. The Balaban J connectivity index is 2.48. The van der Waals surface area contributed by atoms with E-state index in [-0.39, 0.29) is 34.1 Å². The SMILES string of the molecule is CCOc1cc(C(c2c(O)cc(C)n(CC)c2=O)c2c(O)cc(C)n(CC)c2=O)ccc1O. The van der Waals surface area contributed by atoms with E-state index in [0.717, 1.165) is 0 Å². The first-order valence-corrected chi connectivity index (χ1v) is 11.0. The number of aromatic hydroxyl groups is 3. The fraction of sp³-hybridized carbons (Fsp3) is 0.360. The van der Waals surface area contributed by atoms with E-state index in [0.29, 0.717) is 36.6 Å². The van der Waals surface area contributed by atoms with Crippen molar-refractivity contribution >= 4 is 0 Å². The van der Waals surface area contributed by atoms with E-state index in [1.54, 1.807) is 26.8 Å². The Bertz CT molecular complexity index is 1230. The molecular weight excluding hydrogens is 424 g/mol. The molecule has 2 aromatic heterocycles. The molecule has 3 rings (SSSR count). The lowest BCUT2D eigenvalue weighted by Crippen LogP contribution is -2.32. The molecule has 0 aliphatic carbocycles. The van der Waals surface area contributed by atoms with Crippen LogP contribution >= 0.6 is 0 Å². The van der Waals surface area contributed by atoms with Crippen molar-refractivity contribution in [3.63, 3.8) is 0 Å². The fourth-order valence-electron chi connectivity index (χ4n) is 4.33. The lowest BCUT2D eigenvalue weighted by atomic mass is 9.84. The molecule has 0 unspecified atom stereocenters. The number of nitrogens with zero attached hydrogens (tertiary/aromatic N) is 2. The second kappa shape index (κ2) is 9.44. The minimum Gasteiger partial charge on any atom is -0.507 e. The molecule has 0 atom stereocenters. The third-order valence-corrected chi connectivity index (χ3v) is 5.87. The first-order valence-electron chi connectivity index (χ1n) is 11.0. The Hall–Kier alpha value is -3.68. The summed E-state index contributed by atoms with van der Waals surface area (Å²) in [6.45, 7) is 9.83. The predicted molar refractivity (Wildman–Crippen MR) is 126 cm³/mol. The van der Waals surface area contributed by atoms with E-state index in [4.69, 9.17) is 4.74 Å². The van der Waals surface area contributed by atoms with Gasteiger partial charge in [0.1, 0.15) is 11.5 Å². The molecule has 176 valence electrons. The molecule has 8 nitrogen and oxygen atoms in total. The molecule has 0 amide bonds. The summed E-state index contributed by atoms with van der Waals surface area (Å²) >= 11 is 0. The smallest absolute Gasteiger partial charge is 0.258 e. The largest absolute Gasteiger partial charge is 0.507 e. The van der Waals surface area contributed by atoms with Gasteiger partial charge in [-0.1, -0.05) is 6.07 Å². The number of hydrogen-bond acceptors (Lipinski definition) is 6. The third-order valence-electron chi connectivity index (χ3n) is 5.87. The molecule has 3 N–H and O–H groups in total. The van der Waals surface area contributed by atoms with Crippen molar-refractivity contribution in [3.8, 4) is 23.0 Å². The Morgan fingerprint density at radius 1 is 0.788 bits per heavy atom. The van der Waals surface area contributed by atoms with Crippen LogP contribution in [-0.2, 0) is 13.1 Å². The molecule has 0 saturated heterocycles. The first-order chi connectivity index (χ1) is 15.7. The lowest BCUT2D eigenvalue weighted by Gasteiger charge is -2.23. The van der Waals surface area contributed by atoms with Crippen LogP contribution in [-0.4, -0.2) is 31.1 Å². The highest BCUT2D eigenvalue weighted by Crippen LogP contribution is 2.40. The van der Waals surface area contributed by atoms with Gasteiger partial charge in [0.05, 0.1) is 23.7 Å². The number of ether oxygens (including phenoxy) is 1. The van der Waals surface area contributed by atoms with Crippen LogP contribution in [0.25, 0.3) is 0 Å². The minimum atomic E-state index is -1.10. The van der Waals surface area contributed by atoms with Crippen molar-refractivity contribution in [1.29, 1.82) is 0 Å². The molecule has 0 aliphatic rings. The minimum absolute atomic E-state index is 0.0329. The summed E-state index contributed by atoms with van der Waals surface area (Å²) in [4.78, 5) is 27.0. The van der Waals surface area contributed by atoms with Gasteiger partial charge < -0.3 is 29.2 Å². The van der Waals surface area contributed by atoms with Crippen LogP contribution in [0.5, 0.6) is 23.0 Å². The highest BCUT2D eigenvalue weighted by molar-refractivity contribution is 5.55. The maximum Gasteiger partial charge on any atom is 0.258 e. The Kier molecular flexibility index (Phi) is 6.86. The summed E-state index contributed by atoms with van der Waals surface area (Å²) in [5.74, 6) is -1.58. The molecule has 8 heteroatoms.